The fraction of sp³-hybridized carbons (Fsp3) is 0.167. The van der Waals surface area contributed by atoms with E-state index in [1.165, 1.54) is 24.4 Å². The molecule has 1 saturated heterocycles. The van der Waals surface area contributed by atoms with E-state index in [9.17, 15) is 19.2 Å². The van der Waals surface area contributed by atoms with Crippen molar-refractivity contribution in [1.82, 2.24) is 9.55 Å². The largest absolute Gasteiger partial charge is 0.459 e. The molecule has 1 aromatic heterocycles. The van der Waals surface area contributed by atoms with E-state index in [0.29, 0.717) is 5.56 Å². The molecule has 1 N–H and O–H groups in total. The number of halogens is 1. The maximum absolute atomic E-state index is 15.8. The van der Waals surface area contributed by atoms with Gasteiger partial charge >= 0.3 is 17.6 Å². The number of alkyl halides is 1. The second-order valence-corrected chi connectivity index (χ2v) is 9.03. The topological polar surface area (TPSA) is 126 Å². The smallest absolute Gasteiger partial charge is 0.351 e. The van der Waals surface area contributed by atoms with Gasteiger partial charge < -0.3 is 19.5 Å². The van der Waals surface area contributed by atoms with Gasteiger partial charge in [0.15, 0.2) is 18.5 Å². The van der Waals surface area contributed by atoms with Crippen molar-refractivity contribution in [2.75, 3.05) is 11.9 Å². The highest BCUT2D eigenvalue weighted by Crippen LogP contribution is 2.34. The lowest BCUT2D eigenvalue weighted by molar-refractivity contribution is -0.0591. The van der Waals surface area contributed by atoms with Gasteiger partial charge in [-0.05, 0) is 42.5 Å². The van der Waals surface area contributed by atoms with Gasteiger partial charge in [-0.2, -0.15) is 4.98 Å². The maximum Gasteiger partial charge on any atom is 0.351 e. The minimum absolute atomic E-state index is 0.0473. The fourth-order valence-electron chi connectivity index (χ4n) is 4.23. The summed E-state index contributed by atoms with van der Waals surface area (Å²) >= 11 is 0. The number of benzene rings is 3. The van der Waals surface area contributed by atoms with Crippen molar-refractivity contribution in [3.63, 3.8) is 0 Å². The highest BCUT2D eigenvalue weighted by molar-refractivity contribution is 6.03. The number of aromatic nitrogens is 2. The first-order valence-electron chi connectivity index (χ1n) is 12.6. The van der Waals surface area contributed by atoms with Crippen molar-refractivity contribution < 1.29 is 33.0 Å². The van der Waals surface area contributed by atoms with Crippen LogP contribution in [-0.2, 0) is 14.2 Å². The van der Waals surface area contributed by atoms with E-state index in [-0.39, 0.29) is 16.9 Å². The van der Waals surface area contributed by atoms with Gasteiger partial charge in [0.1, 0.15) is 18.5 Å². The summed E-state index contributed by atoms with van der Waals surface area (Å²) in [5, 5.41) is 2.51. The van der Waals surface area contributed by atoms with E-state index in [2.05, 4.69) is 10.3 Å². The standard InChI is InChI=1S/C30H24FN3O7/c31-24-25(41-29(37)21-14-8-3-9-15-21)22(18-39-28(36)20-12-6-2-7-13-20)40-27(24)34-17-16-23(33-30(34)38)32-26(35)19-10-4-1-5-11-19/h1-17,22,24-25,27H,18H2,(H,32,33,35,38)/t22-,24+,25-,27-/m1/s1. The molecule has 0 radical (unpaired) electrons. The second kappa shape index (κ2) is 12.3. The predicted molar refractivity (Wildman–Crippen MR) is 144 cm³/mol. The molecule has 0 saturated carbocycles. The van der Waals surface area contributed by atoms with Crippen molar-refractivity contribution in [2.24, 2.45) is 0 Å². The van der Waals surface area contributed by atoms with Crippen LogP contribution in [0.1, 0.15) is 37.3 Å². The molecule has 0 aliphatic carbocycles. The number of amides is 1. The lowest BCUT2D eigenvalue weighted by Crippen LogP contribution is -2.37. The van der Waals surface area contributed by atoms with Crippen LogP contribution in [0.3, 0.4) is 0 Å². The van der Waals surface area contributed by atoms with Gasteiger partial charge in [-0.15, -0.1) is 0 Å². The van der Waals surface area contributed by atoms with Gasteiger partial charge in [0, 0.05) is 11.8 Å². The van der Waals surface area contributed by atoms with Crippen molar-refractivity contribution >= 4 is 23.7 Å². The van der Waals surface area contributed by atoms with Gasteiger partial charge in [0.2, 0.25) is 0 Å². The van der Waals surface area contributed by atoms with Crippen molar-refractivity contribution in [1.29, 1.82) is 0 Å². The van der Waals surface area contributed by atoms with Crippen LogP contribution in [0.5, 0.6) is 0 Å². The van der Waals surface area contributed by atoms with Gasteiger partial charge in [0.05, 0.1) is 11.1 Å². The zero-order valence-electron chi connectivity index (χ0n) is 21.5. The van der Waals surface area contributed by atoms with Crippen LogP contribution < -0.4 is 11.0 Å². The Bertz CT molecular complexity index is 1580. The highest BCUT2D eigenvalue weighted by atomic mass is 19.1. The van der Waals surface area contributed by atoms with Gasteiger partial charge in [-0.1, -0.05) is 54.6 Å². The third-order valence-corrected chi connectivity index (χ3v) is 6.29. The number of hydrogen-bond acceptors (Lipinski definition) is 8. The first-order chi connectivity index (χ1) is 19.9. The van der Waals surface area contributed by atoms with Crippen molar-refractivity contribution in [3.8, 4) is 0 Å². The average Bonchev–Trinajstić information content (AvgIpc) is 3.31. The Balaban J connectivity index is 1.34. The molecule has 41 heavy (non-hydrogen) atoms. The molecule has 4 aromatic rings. The molecule has 10 nitrogen and oxygen atoms in total. The fourth-order valence-corrected chi connectivity index (χ4v) is 4.23. The molecule has 1 fully saturated rings. The molecule has 0 unspecified atom stereocenters. The van der Waals surface area contributed by atoms with Gasteiger partial charge in [-0.3, -0.25) is 9.36 Å². The Morgan fingerprint density at radius 2 is 1.39 bits per heavy atom. The summed E-state index contributed by atoms with van der Waals surface area (Å²) in [4.78, 5) is 54.3. The average molecular weight is 558 g/mol. The summed E-state index contributed by atoms with van der Waals surface area (Å²) in [5.74, 6) is -2.03. The number of carbonyl (C=O) groups is 3. The Labute approximate surface area is 233 Å². The summed E-state index contributed by atoms with van der Waals surface area (Å²) in [6.45, 7) is -0.454. The molecule has 2 heterocycles. The normalized spacial score (nSPS) is 19.7. The maximum atomic E-state index is 15.8. The summed E-state index contributed by atoms with van der Waals surface area (Å²) < 4.78 is 33.3. The number of carbonyl (C=O) groups excluding carboxylic acids is 3. The summed E-state index contributed by atoms with van der Waals surface area (Å²) in [6.07, 6.45) is -5.11. The van der Waals surface area contributed by atoms with Gasteiger partial charge in [0.25, 0.3) is 5.91 Å². The first kappa shape index (κ1) is 27.4. The molecule has 0 spiro atoms. The third-order valence-electron chi connectivity index (χ3n) is 6.29. The van der Waals surface area contributed by atoms with E-state index < -0.39 is 54.7 Å². The third kappa shape index (κ3) is 6.36. The molecule has 5 rings (SSSR count). The predicted octanol–water partition coefficient (Wildman–Crippen LogP) is 3.81. The van der Waals surface area contributed by atoms with Crippen LogP contribution in [0.15, 0.2) is 108 Å². The Morgan fingerprint density at radius 1 is 0.829 bits per heavy atom. The zero-order valence-corrected chi connectivity index (χ0v) is 21.5. The Hall–Kier alpha value is -5.16. The number of rotatable bonds is 8. The number of anilines is 1. The number of nitrogens with zero attached hydrogens (tertiary/aromatic N) is 2. The second-order valence-electron chi connectivity index (χ2n) is 9.03. The van der Waals surface area contributed by atoms with Crippen molar-refractivity contribution in [2.45, 2.75) is 24.6 Å². The number of ether oxygens (including phenoxy) is 3. The van der Waals surface area contributed by atoms with Crippen LogP contribution in [0, 0.1) is 0 Å². The number of hydrogen-bond donors (Lipinski definition) is 1. The van der Waals surface area contributed by atoms with Crippen LogP contribution >= 0.6 is 0 Å². The highest BCUT2D eigenvalue weighted by Gasteiger charge is 2.49. The minimum atomic E-state index is -2.02. The van der Waals surface area contributed by atoms with Crippen LogP contribution in [0.2, 0.25) is 0 Å². The molecule has 0 bridgehead atoms. The van der Waals surface area contributed by atoms with Crippen molar-refractivity contribution in [3.05, 3.63) is 130 Å². The number of nitrogens with one attached hydrogen (secondary N) is 1. The molecular weight excluding hydrogens is 533 g/mol. The first-order valence-corrected chi connectivity index (χ1v) is 12.6. The number of esters is 2. The van der Waals surface area contributed by atoms with E-state index >= 15 is 4.39 Å². The minimum Gasteiger partial charge on any atom is -0.459 e. The summed E-state index contributed by atoms with van der Waals surface area (Å²) in [5.41, 5.74) is -0.110. The lowest BCUT2D eigenvalue weighted by atomic mass is 10.1. The monoisotopic (exact) mass is 557 g/mol. The van der Waals surface area contributed by atoms with Gasteiger partial charge in [-0.25, -0.2) is 18.8 Å². The van der Waals surface area contributed by atoms with Crippen LogP contribution in [0.25, 0.3) is 0 Å². The Morgan fingerprint density at radius 3 is 1.98 bits per heavy atom. The Kier molecular flexibility index (Phi) is 8.26. The molecule has 3 aromatic carbocycles. The zero-order chi connectivity index (χ0) is 28.8. The van der Waals surface area contributed by atoms with E-state index in [0.717, 1.165) is 4.57 Å². The molecule has 11 heteroatoms. The molecule has 1 aliphatic heterocycles. The van der Waals surface area contributed by atoms with E-state index in [4.69, 9.17) is 14.2 Å². The molecular formula is C30H24FN3O7. The molecule has 208 valence electrons. The summed E-state index contributed by atoms with van der Waals surface area (Å²) in [6, 6.07) is 25.8. The lowest BCUT2D eigenvalue weighted by Gasteiger charge is -2.19. The quantitative estimate of drug-likeness (QED) is 0.324. The molecule has 1 amide bonds. The molecule has 4 atom stereocenters. The van der Waals surface area contributed by atoms with Crippen LogP contribution in [-0.4, -0.2) is 52.4 Å². The summed E-state index contributed by atoms with van der Waals surface area (Å²) in [7, 11) is 0. The van der Waals surface area contributed by atoms with Crippen LogP contribution in [0.4, 0.5) is 10.2 Å². The van der Waals surface area contributed by atoms with E-state index in [1.807, 2.05) is 0 Å². The molecule has 1 aliphatic rings. The SMILES string of the molecule is O=C(Nc1ccn([C@@H]2O[C@H](COC(=O)c3ccccc3)[C@@H](OC(=O)c3ccccc3)[C@@H]2F)c(=O)n1)c1ccccc1. The van der Waals surface area contributed by atoms with E-state index in [1.54, 1.807) is 78.9 Å².